The summed E-state index contributed by atoms with van der Waals surface area (Å²) < 4.78 is 12.2. The molecule has 182 valence electrons. The maximum Gasteiger partial charge on any atom is 0.373 e. The van der Waals surface area contributed by atoms with Crippen molar-refractivity contribution >= 4 is 29.4 Å². The Bertz CT molecular complexity index is 1310. The van der Waals surface area contributed by atoms with E-state index in [4.69, 9.17) is 17.3 Å². The zero-order valence-corrected chi connectivity index (χ0v) is 20.4. The van der Waals surface area contributed by atoms with Crippen molar-refractivity contribution in [3.8, 4) is 22.4 Å². The summed E-state index contributed by atoms with van der Waals surface area (Å²) in [6.45, 7) is 6.17. The lowest BCUT2D eigenvalue weighted by molar-refractivity contribution is -0.191. The van der Waals surface area contributed by atoms with E-state index in [1.807, 2.05) is 24.3 Å². The molecule has 3 aromatic rings. The molecule has 0 atom stereocenters. The summed E-state index contributed by atoms with van der Waals surface area (Å²) in [7, 11) is 0. The lowest BCUT2D eigenvalue weighted by atomic mass is 9.99. The summed E-state index contributed by atoms with van der Waals surface area (Å²) in [6.07, 6.45) is -0.0600. The Morgan fingerprint density at radius 3 is 2.23 bits per heavy atom. The molecule has 10 heteroatoms. The van der Waals surface area contributed by atoms with Crippen LogP contribution in [-0.2, 0) is 21.0 Å². The largest absolute Gasteiger partial charge is 0.373 e. The van der Waals surface area contributed by atoms with Crippen LogP contribution in [0.25, 0.3) is 22.4 Å². The van der Waals surface area contributed by atoms with Gasteiger partial charge in [-0.3, -0.25) is 19.5 Å². The van der Waals surface area contributed by atoms with Gasteiger partial charge in [-0.2, -0.15) is 0 Å². The minimum absolute atomic E-state index is 0.0600. The van der Waals surface area contributed by atoms with E-state index in [-0.39, 0.29) is 12.1 Å². The molecule has 2 aromatic carbocycles. The third-order valence-electron chi connectivity index (χ3n) is 5.38. The van der Waals surface area contributed by atoms with Gasteiger partial charge in [0.15, 0.2) is 0 Å². The van der Waals surface area contributed by atoms with Gasteiger partial charge < -0.3 is 11.1 Å². The Morgan fingerprint density at radius 2 is 1.66 bits per heavy atom. The second kappa shape index (κ2) is 10.2. The summed E-state index contributed by atoms with van der Waals surface area (Å²) in [5, 5.41) is 2.85. The van der Waals surface area contributed by atoms with Gasteiger partial charge in [-0.1, -0.05) is 48.0 Å². The van der Waals surface area contributed by atoms with Crippen molar-refractivity contribution in [1.29, 1.82) is 0 Å². The molecule has 1 heterocycles. The smallest absolute Gasteiger partial charge is 0.364 e. The van der Waals surface area contributed by atoms with Gasteiger partial charge in [0.05, 0.1) is 23.5 Å². The first kappa shape index (κ1) is 25.8. The van der Waals surface area contributed by atoms with E-state index in [1.54, 1.807) is 32.0 Å². The molecule has 0 radical (unpaired) electrons. The fourth-order valence-electron chi connectivity index (χ4n) is 3.57. The SMILES string of the molecule is Cc1nc(C)c(-c2ccc(-c3ccc(CC(=O)NC(C)(C)C(=O)OF)cc3Cl)cc2)nc1C(N)=O. The molecule has 0 aliphatic rings. The van der Waals surface area contributed by atoms with Crippen LogP contribution in [0.15, 0.2) is 42.5 Å². The van der Waals surface area contributed by atoms with Crippen molar-refractivity contribution in [3.63, 3.8) is 0 Å². The number of nitrogens with one attached hydrogen (secondary N) is 1. The van der Waals surface area contributed by atoms with Crippen LogP contribution in [0.2, 0.25) is 5.02 Å². The molecule has 0 bridgehead atoms. The van der Waals surface area contributed by atoms with Crippen molar-refractivity contribution in [3.05, 3.63) is 70.1 Å². The quantitative estimate of drug-likeness (QED) is 0.506. The summed E-state index contributed by atoms with van der Waals surface area (Å²) in [5.41, 5.74) is 8.68. The third-order valence-corrected chi connectivity index (χ3v) is 5.69. The van der Waals surface area contributed by atoms with Crippen LogP contribution in [0, 0.1) is 13.8 Å². The maximum absolute atomic E-state index is 12.3. The first-order chi connectivity index (χ1) is 16.4. The zero-order valence-electron chi connectivity index (χ0n) is 19.6. The number of carbonyl (C=O) groups excluding carboxylic acids is 3. The number of primary amides is 1. The highest BCUT2D eigenvalue weighted by Crippen LogP contribution is 2.31. The number of carbonyl (C=O) groups is 3. The molecule has 0 unspecified atom stereocenters. The Balaban J connectivity index is 1.80. The third kappa shape index (κ3) is 5.81. The number of hydrogen-bond donors (Lipinski definition) is 2. The molecule has 0 saturated carbocycles. The summed E-state index contributed by atoms with van der Waals surface area (Å²) in [4.78, 5) is 47.3. The van der Waals surface area contributed by atoms with Crippen LogP contribution in [0.3, 0.4) is 0 Å². The Morgan fingerprint density at radius 1 is 1.03 bits per heavy atom. The lowest BCUT2D eigenvalue weighted by Gasteiger charge is -2.21. The molecule has 0 saturated heterocycles. The van der Waals surface area contributed by atoms with Crippen molar-refractivity contribution in [2.75, 3.05) is 0 Å². The van der Waals surface area contributed by atoms with Crippen LogP contribution in [0.5, 0.6) is 0 Å². The fraction of sp³-hybridized carbons (Fsp3) is 0.240. The molecule has 3 rings (SSSR count). The molecule has 8 nitrogen and oxygen atoms in total. The standard InChI is InChI=1S/C25H24ClFN4O4/c1-13-21(30-22(23(28)33)14(2)29-13)17-8-6-16(7-9-17)18-10-5-15(11-19(18)26)12-20(32)31-25(3,4)24(34)35-27/h5-11H,12H2,1-4H3,(H2,28,33)(H,31,32). The van der Waals surface area contributed by atoms with E-state index in [9.17, 15) is 18.9 Å². The minimum atomic E-state index is -1.50. The van der Waals surface area contributed by atoms with Gasteiger partial charge in [-0.15, -0.1) is 0 Å². The average molecular weight is 499 g/mol. The molecule has 0 aliphatic heterocycles. The second-order valence-electron chi connectivity index (χ2n) is 8.56. The van der Waals surface area contributed by atoms with Crippen molar-refractivity contribution in [2.24, 2.45) is 5.73 Å². The van der Waals surface area contributed by atoms with Crippen molar-refractivity contribution in [2.45, 2.75) is 39.7 Å². The molecular formula is C25H24ClFN4O4. The van der Waals surface area contributed by atoms with E-state index < -0.39 is 23.3 Å². The number of nitrogens with two attached hydrogens (primary N) is 1. The fourth-order valence-corrected chi connectivity index (χ4v) is 3.89. The number of hydrogen-bond acceptors (Lipinski definition) is 6. The number of halogens is 2. The normalized spacial score (nSPS) is 11.1. The Kier molecular flexibility index (Phi) is 7.50. The van der Waals surface area contributed by atoms with E-state index >= 15 is 0 Å². The van der Waals surface area contributed by atoms with E-state index in [0.29, 0.717) is 27.7 Å². The van der Waals surface area contributed by atoms with Gasteiger partial charge in [0.2, 0.25) is 5.91 Å². The monoisotopic (exact) mass is 498 g/mol. The lowest BCUT2D eigenvalue weighted by Crippen LogP contribution is -2.50. The number of amides is 2. The van der Waals surface area contributed by atoms with Crippen molar-refractivity contribution in [1.82, 2.24) is 15.3 Å². The van der Waals surface area contributed by atoms with Crippen molar-refractivity contribution < 1.29 is 23.9 Å². The van der Waals surface area contributed by atoms with Crippen LogP contribution in [0.1, 0.15) is 41.3 Å². The predicted molar refractivity (Wildman–Crippen MR) is 129 cm³/mol. The number of rotatable bonds is 7. The number of benzene rings is 2. The predicted octanol–water partition coefficient (Wildman–Crippen LogP) is 4.04. The van der Waals surface area contributed by atoms with Gasteiger partial charge in [-0.25, -0.2) is 9.78 Å². The summed E-state index contributed by atoms with van der Waals surface area (Å²) >= 11 is 6.48. The highest BCUT2D eigenvalue weighted by molar-refractivity contribution is 6.33. The van der Waals surface area contributed by atoms with E-state index in [0.717, 1.165) is 16.7 Å². The van der Waals surface area contributed by atoms with Crippen LogP contribution >= 0.6 is 11.6 Å². The number of aryl methyl sites for hydroxylation is 2. The molecular weight excluding hydrogens is 475 g/mol. The molecule has 35 heavy (non-hydrogen) atoms. The molecule has 1 aromatic heterocycles. The van der Waals surface area contributed by atoms with E-state index in [1.165, 1.54) is 13.8 Å². The first-order valence-electron chi connectivity index (χ1n) is 10.6. The second-order valence-corrected chi connectivity index (χ2v) is 8.97. The molecule has 0 spiro atoms. The van der Waals surface area contributed by atoms with E-state index in [2.05, 4.69) is 20.2 Å². The van der Waals surface area contributed by atoms with Crippen LogP contribution < -0.4 is 11.1 Å². The van der Waals surface area contributed by atoms with Gasteiger partial charge in [-0.05, 0) is 44.9 Å². The highest BCUT2D eigenvalue weighted by Gasteiger charge is 2.32. The van der Waals surface area contributed by atoms with Gasteiger partial charge in [0.1, 0.15) is 11.2 Å². The maximum atomic E-state index is 12.3. The minimum Gasteiger partial charge on any atom is -0.364 e. The zero-order chi connectivity index (χ0) is 25.9. The van der Waals surface area contributed by atoms with Crippen LogP contribution in [0.4, 0.5) is 4.53 Å². The van der Waals surface area contributed by atoms with Gasteiger partial charge >= 0.3 is 5.97 Å². The van der Waals surface area contributed by atoms with Gasteiger partial charge in [0.25, 0.3) is 5.91 Å². The summed E-state index contributed by atoms with van der Waals surface area (Å²) in [5.74, 6) is -2.32. The number of nitrogens with zero attached hydrogens (tertiary/aromatic N) is 2. The Hall–Kier alpha value is -3.85. The molecule has 0 aliphatic carbocycles. The first-order valence-corrected chi connectivity index (χ1v) is 11.0. The summed E-state index contributed by atoms with van der Waals surface area (Å²) in [6, 6.07) is 12.6. The van der Waals surface area contributed by atoms with Gasteiger partial charge in [0, 0.05) is 20.7 Å². The number of aromatic nitrogens is 2. The topological polar surface area (TPSA) is 124 Å². The Labute approximate surface area is 206 Å². The van der Waals surface area contributed by atoms with Crippen LogP contribution in [-0.4, -0.2) is 33.3 Å². The highest BCUT2D eigenvalue weighted by atomic mass is 35.5. The molecule has 2 amide bonds. The average Bonchev–Trinajstić information content (AvgIpc) is 2.78. The molecule has 3 N–H and O–H groups in total. The molecule has 0 fully saturated rings.